The molecule has 0 amide bonds. The van der Waals surface area contributed by atoms with Crippen molar-refractivity contribution < 1.29 is 22.6 Å². The van der Waals surface area contributed by atoms with Crippen LogP contribution in [0.4, 0.5) is 19.0 Å². The fraction of sp³-hybridized carbons (Fsp3) is 0.393. The maximum atomic E-state index is 13.4. The summed E-state index contributed by atoms with van der Waals surface area (Å²) in [5, 5.41) is 3.31. The van der Waals surface area contributed by atoms with Crippen molar-refractivity contribution in [2.45, 2.75) is 57.2 Å². The molecular formula is C28H29ClF3N7O2. The van der Waals surface area contributed by atoms with Gasteiger partial charge in [0.15, 0.2) is 11.5 Å². The van der Waals surface area contributed by atoms with E-state index in [0.29, 0.717) is 52.4 Å². The van der Waals surface area contributed by atoms with Gasteiger partial charge < -0.3 is 19.4 Å². The number of hydrogen-bond donors (Lipinski definition) is 1. The summed E-state index contributed by atoms with van der Waals surface area (Å²) in [7, 11) is 3.02. The van der Waals surface area contributed by atoms with Crippen molar-refractivity contribution in [3.63, 3.8) is 0 Å². The maximum absolute atomic E-state index is 13.4. The van der Waals surface area contributed by atoms with Crippen LogP contribution in [-0.4, -0.2) is 43.7 Å². The van der Waals surface area contributed by atoms with Gasteiger partial charge in [0.25, 0.3) is 0 Å². The average molecular weight is 588 g/mol. The van der Waals surface area contributed by atoms with Gasteiger partial charge in [0.05, 0.1) is 31.4 Å². The molecule has 3 aromatic heterocycles. The van der Waals surface area contributed by atoms with E-state index in [0.717, 1.165) is 30.3 Å². The number of alkyl halides is 4. The summed E-state index contributed by atoms with van der Waals surface area (Å²) in [4.78, 5) is 21.9. The molecule has 1 saturated carbocycles. The molecule has 5 rings (SSSR count). The van der Waals surface area contributed by atoms with Gasteiger partial charge in [-0.15, -0.1) is 11.6 Å². The highest BCUT2D eigenvalue weighted by molar-refractivity contribution is 6.17. The van der Waals surface area contributed by atoms with Crippen LogP contribution >= 0.6 is 11.6 Å². The highest BCUT2D eigenvalue weighted by Crippen LogP contribution is 2.45. The highest BCUT2D eigenvalue weighted by Gasteiger charge is 2.36. The minimum Gasteiger partial charge on any atom is -0.496 e. The summed E-state index contributed by atoms with van der Waals surface area (Å²) in [6.45, 7) is 3.93. The Morgan fingerprint density at radius 3 is 2.51 bits per heavy atom. The SMILES string of the molecule is COc1cc(CNc2nc(-c3c(OC)ncnc3C3CC3)ncc2CCl)ccc1-c1nc(C(F)(F)F)cn1C(C)C. The maximum Gasteiger partial charge on any atom is 0.434 e. The Kier molecular flexibility index (Phi) is 8.03. The second-order valence-electron chi connectivity index (χ2n) is 9.96. The molecule has 0 aliphatic heterocycles. The first-order valence-corrected chi connectivity index (χ1v) is 13.6. The van der Waals surface area contributed by atoms with Gasteiger partial charge in [0.2, 0.25) is 5.88 Å². The first kappa shape index (κ1) is 28.6. The Labute approximate surface area is 240 Å². The summed E-state index contributed by atoms with van der Waals surface area (Å²) in [6, 6.07) is 5.03. The van der Waals surface area contributed by atoms with Crippen molar-refractivity contribution in [1.82, 2.24) is 29.5 Å². The molecular weight excluding hydrogens is 559 g/mol. The molecule has 1 aliphatic rings. The van der Waals surface area contributed by atoms with Crippen molar-refractivity contribution in [1.29, 1.82) is 0 Å². The van der Waals surface area contributed by atoms with Crippen LogP contribution in [0.3, 0.4) is 0 Å². The molecule has 0 radical (unpaired) electrons. The van der Waals surface area contributed by atoms with Crippen LogP contribution in [0.25, 0.3) is 22.8 Å². The van der Waals surface area contributed by atoms with Crippen molar-refractivity contribution in [3.8, 4) is 34.4 Å². The first-order valence-electron chi connectivity index (χ1n) is 13.0. The molecule has 0 saturated heterocycles. The van der Waals surface area contributed by atoms with Crippen LogP contribution in [0.15, 0.2) is 36.9 Å². The van der Waals surface area contributed by atoms with Gasteiger partial charge >= 0.3 is 6.18 Å². The van der Waals surface area contributed by atoms with Gasteiger partial charge in [-0.25, -0.2) is 24.9 Å². The molecule has 216 valence electrons. The molecule has 0 unspecified atom stereocenters. The van der Waals surface area contributed by atoms with Crippen LogP contribution in [0.5, 0.6) is 11.6 Å². The Morgan fingerprint density at radius 2 is 1.88 bits per heavy atom. The lowest BCUT2D eigenvalue weighted by Gasteiger charge is -2.16. The topological polar surface area (TPSA) is 99.9 Å². The molecule has 0 atom stereocenters. The predicted molar refractivity (Wildman–Crippen MR) is 148 cm³/mol. The zero-order valence-electron chi connectivity index (χ0n) is 23.0. The van der Waals surface area contributed by atoms with Crippen LogP contribution in [0, 0.1) is 0 Å². The number of methoxy groups -OCH3 is 2. The Bertz CT molecular complexity index is 1550. The standard InChI is InChI=1S/C28H29ClF3N7O2/c1-15(2)39-13-21(28(30,31)32)37-26(39)19-8-5-16(9-20(19)40-3)11-33-24-18(10-29)12-34-25(38-24)22-23(17-6-7-17)35-14-36-27(22)41-4/h5,8-9,12-15,17H,6-7,10-11H2,1-4H3,(H,33,34,38). The van der Waals surface area contributed by atoms with Crippen LogP contribution in [-0.2, 0) is 18.6 Å². The minimum absolute atomic E-state index is 0.180. The highest BCUT2D eigenvalue weighted by atomic mass is 35.5. The number of nitrogens with zero attached hydrogens (tertiary/aromatic N) is 6. The lowest BCUT2D eigenvalue weighted by Crippen LogP contribution is -2.08. The van der Waals surface area contributed by atoms with Gasteiger partial charge in [-0.05, 0) is 44.4 Å². The summed E-state index contributed by atoms with van der Waals surface area (Å²) in [5.41, 5.74) is 2.52. The molecule has 41 heavy (non-hydrogen) atoms. The molecule has 1 fully saturated rings. The molecule has 1 N–H and O–H groups in total. The lowest BCUT2D eigenvalue weighted by atomic mass is 10.1. The van der Waals surface area contributed by atoms with E-state index in [1.165, 1.54) is 18.0 Å². The number of aromatic nitrogens is 6. The van der Waals surface area contributed by atoms with E-state index >= 15 is 0 Å². The number of rotatable bonds is 10. The average Bonchev–Trinajstić information content (AvgIpc) is 3.71. The number of halogens is 4. The fourth-order valence-corrected chi connectivity index (χ4v) is 4.73. The number of hydrogen-bond acceptors (Lipinski definition) is 8. The second kappa shape index (κ2) is 11.5. The number of benzene rings is 1. The van der Waals surface area contributed by atoms with E-state index in [1.807, 2.05) is 0 Å². The second-order valence-corrected chi connectivity index (χ2v) is 10.2. The molecule has 13 heteroatoms. The summed E-state index contributed by atoms with van der Waals surface area (Å²) in [5.74, 6) is 2.44. The quantitative estimate of drug-likeness (QED) is 0.206. The third-order valence-corrected chi connectivity index (χ3v) is 7.07. The molecule has 0 bridgehead atoms. The zero-order valence-corrected chi connectivity index (χ0v) is 23.7. The van der Waals surface area contributed by atoms with Gasteiger partial charge in [-0.2, -0.15) is 13.2 Å². The van der Waals surface area contributed by atoms with Crippen molar-refractivity contribution in [2.75, 3.05) is 19.5 Å². The van der Waals surface area contributed by atoms with E-state index in [9.17, 15) is 13.2 Å². The Morgan fingerprint density at radius 1 is 1.10 bits per heavy atom. The summed E-state index contributed by atoms with van der Waals surface area (Å²) < 4.78 is 52.8. The monoisotopic (exact) mass is 587 g/mol. The Hall–Kier alpha value is -3.93. The fourth-order valence-electron chi connectivity index (χ4n) is 4.53. The summed E-state index contributed by atoms with van der Waals surface area (Å²) >= 11 is 6.19. The lowest BCUT2D eigenvalue weighted by molar-refractivity contribution is -0.140. The molecule has 3 heterocycles. The van der Waals surface area contributed by atoms with Crippen LogP contribution < -0.4 is 14.8 Å². The van der Waals surface area contributed by atoms with Gasteiger partial charge in [-0.1, -0.05) is 6.07 Å². The van der Waals surface area contributed by atoms with Gasteiger partial charge in [0, 0.05) is 36.5 Å². The van der Waals surface area contributed by atoms with E-state index in [-0.39, 0.29) is 17.7 Å². The van der Waals surface area contributed by atoms with E-state index < -0.39 is 11.9 Å². The van der Waals surface area contributed by atoms with Crippen molar-refractivity contribution in [2.24, 2.45) is 0 Å². The number of ether oxygens (including phenoxy) is 2. The van der Waals surface area contributed by atoms with E-state index in [2.05, 4.69) is 25.3 Å². The number of nitrogens with one attached hydrogen (secondary N) is 1. The van der Waals surface area contributed by atoms with Crippen molar-refractivity contribution >= 4 is 17.4 Å². The Balaban J connectivity index is 1.45. The molecule has 9 nitrogen and oxygen atoms in total. The van der Waals surface area contributed by atoms with Crippen molar-refractivity contribution in [3.05, 3.63) is 59.4 Å². The van der Waals surface area contributed by atoms with Crippen LogP contribution in [0.2, 0.25) is 0 Å². The predicted octanol–water partition coefficient (Wildman–Crippen LogP) is 6.64. The summed E-state index contributed by atoms with van der Waals surface area (Å²) in [6.07, 6.45) is 1.68. The minimum atomic E-state index is -4.56. The first-order chi connectivity index (χ1) is 19.6. The smallest absolute Gasteiger partial charge is 0.434 e. The number of anilines is 1. The third-order valence-electron chi connectivity index (χ3n) is 6.78. The molecule has 4 aromatic rings. The van der Waals surface area contributed by atoms with E-state index in [1.54, 1.807) is 45.4 Å². The number of imidazole rings is 1. The molecule has 1 aliphatic carbocycles. The van der Waals surface area contributed by atoms with E-state index in [4.69, 9.17) is 26.1 Å². The van der Waals surface area contributed by atoms with Gasteiger partial charge in [-0.3, -0.25) is 0 Å². The normalized spacial score (nSPS) is 13.5. The van der Waals surface area contributed by atoms with Gasteiger partial charge in [0.1, 0.15) is 29.3 Å². The zero-order chi connectivity index (χ0) is 29.3. The molecule has 1 aromatic carbocycles. The third kappa shape index (κ3) is 5.92. The van der Waals surface area contributed by atoms with Crippen LogP contribution in [0.1, 0.15) is 61.2 Å². The largest absolute Gasteiger partial charge is 0.496 e. The molecule has 0 spiro atoms.